The molecule has 0 N–H and O–H groups in total. The summed E-state index contributed by atoms with van der Waals surface area (Å²) in [6.07, 6.45) is 1.45. The molecule has 0 aliphatic rings. The maximum Gasteiger partial charge on any atom is 0.269 e. The molecule has 0 fully saturated rings. The quantitative estimate of drug-likeness (QED) is 0.301. The molecule has 3 aromatic rings. The van der Waals surface area contributed by atoms with Crippen molar-refractivity contribution in [1.29, 1.82) is 0 Å². The Bertz CT molecular complexity index is 925. The predicted molar refractivity (Wildman–Crippen MR) is 99.8 cm³/mol. The molecule has 0 bridgehead atoms. The first-order valence-electron chi connectivity index (χ1n) is 7.52. The Labute approximate surface area is 158 Å². The zero-order valence-electron chi connectivity index (χ0n) is 13.4. The highest BCUT2D eigenvalue weighted by atomic mass is 35.5. The van der Waals surface area contributed by atoms with Gasteiger partial charge in [0.25, 0.3) is 5.69 Å². The fraction of sp³-hybridized carbons (Fsp3) is 0.0556. The Kier molecular flexibility index (Phi) is 5.93. The third-order valence-corrected chi connectivity index (χ3v) is 4.42. The third kappa shape index (κ3) is 5.11. The lowest BCUT2D eigenvalue weighted by Gasteiger charge is -1.99. The van der Waals surface area contributed by atoms with Crippen LogP contribution < -0.4 is 0 Å². The smallest absolute Gasteiger partial charge is 0.269 e. The second-order valence-electron chi connectivity index (χ2n) is 5.15. The maximum absolute atomic E-state index is 10.7. The van der Waals surface area contributed by atoms with Crippen LogP contribution in [0.4, 0.5) is 5.69 Å². The fourth-order valence-corrected chi connectivity index (χ4v) is 2.94. The Morgan fingerprint density at radius 2 is 2.00 bits per heavy atom. The number of hydrogen-bond acceptors (Lipinski definition) is 6. The number of oxime groups is 1. The molecule has 0 saturated heterocycles. The van der Waals surface area contributed by atoms with E-state index < -0.39 is 4.92 Å². The van der Waals surface area contributed by atoms with Gasteiger partial charge in [0.1, 0.15) is 18.6 Å². The molecule has 2 aromatic carbocycles. The minimum absolute atomic E-state index is 0.0185. The summed E-state index contributed by atoms with van der Waals surface area (Å²) in [6, 6.07) is 17.3. The van der Waals surface area contributed by atoms with Crippen molar-refractivity contribution in [2.24, 2.45) is 5.16 Å². The number of nitro benzene ring substituents is 1. The van der Waals surface area contributed by atoms with Crippen LogP contribution in [0, 0.1) is 10.1 Å². The summed E-state index contributed by atoms with van der Waals surface area (Å²) in [5.74, 6) is 0.542. The van der Waals surface area contributed by atoms with Crippen LogP contribution in [-0.4, -0.2) is 11.1 Å². The van der Waals surface area contributed by atoms with Crippen molar-refractivity contribution in [1.82, 2.24) is 0 Å². The lowest BCUT2D eigenvalue weighted by atomic mass is 10.2. The van der Waals surface area contributed by atoms with Gasteiger partial charge in [0.05, 0.1) is 4.92 Å². The number of rotatable bonds is 7. The number of benzene rings is 2. The second kappa shape index (κ2) is 8.55. The summed E-state index contributed by atoms with van der Waals surface area (Å²) in [6.45, 7) is 0.130. The molecule has 0 saturated carbocycles. The van der Waals surface area contributed by atoms with Crippen molar-refractivity contribution < 1.29 is 14.2 Å². The lowest BCUT2D eigenvalue weighted by Crippen LogP contribution is -1.92. The summed E-state index contributed by atoms with van der Waals surface area (Å²) in [7, 11) is 0. The number of hydrogen-bond donors (Lipinski definition) is 0. The van der Waals surface area contributed by atoms with E-state index in [0.29, 0.717) is 21.4 Å². The minimum Gasteiger partial charge on any atom is -0.448 e. The topological polar surface area (TPSA) is 77.9 Å². The summed E-state index contributed by atoms with van der Waals surface area (Å²) in [5, 5.41) is 16.0. The number of nitrogens with zero attached hydrogens (tertiary/aromatic N) is 2. The van der Waals surface area contributed by atoms with Gasteiger partial charge in [0.2, 0.25) is 0 Å². The summed E-state index contributed by atoms with van der Waals surface area (Å²) >= 11 is 7.33. The van der Waals surface area contributed by atoms with Crippen molar-refractivity contribution >= 4 is 35.3 Å². The van der Waals surface area contributed by atoms with Gasteiger partial charge in [-0.15, -0.1) is 0 Å². The molecule has 0 aliphatic carbocycles. The van der Waals surface area contributed by atoms with E-state index in [4.69, 9.17) is 20.9 Å². The fourth-order valence-electron chi connectivity index (χ4n) is 2.04. The maximum atomic E-state index is 10.7. The Morgan fingerprint density at radius 1 is 1.19 bits per heavy atom. The Hall–Kier alpha value is -2.77. The van der Waals surface area contributed by atoms with Gasteiger partial charge in [-0.25, -0.2) is 0 Å². The molecule has 0 radical (unpaired) electrons. The molecule has 0 spiro atoms. The number of nitro groups is 1. The highest BCUT2D eigenvalue weighted by Gasteiger charge is 2.06. The number of furan rings is 1. The van der Waals surface area contributed by atoms with E-state index in [-0.39, 0.29) is 12.3 Å². The third-order valence-electron chi connectivity index (χ3n) is 3.24. The number of halogens is 1. The van der Waals surface area contributed by atoms with E-state index in [1.165, 1.54) is 30.1 Å². The average molecular weight is 389 g/mol. The van der Waals surface area contributed by atoms with Gasteiger partial charge in [0.15, 0.2) is 5.09 Å². The van der Waals surface area contributed by atoms with Gasteiger partial charge in [-0.3, -0.25) is 10.1 Å². The van der Waals surface area contributed by atoms with E-state index >= 15 is 0 Å². The Balaban J connectivity index is 1.53. The van der Waals surface area contributed by atoms with E-state index in [1.54, 1.807) is 18.2 Å². The van der Waals surface area contributed by atoms with E-state index in [1.807, 2.05) is 30.3 Å². The zero-order valence-corrected chi connectivity index (χ0v) is 14.9. The second-order valence-corrected chi connectivity index (χ2v) is 6.66. The van der Waals surface area contributed by atoms with Crippen molar-refractivity contribution in [2.45, 2.75) is 16.6 Å². The Morgan fingerprint density at radius 3 is 2.77 bits per heavy atom. The molecular formula is C18H13ClN2O4S. The van der Waals surface area contributed by atoms with Crippen LogP contribution in [-0.2, 0) is 11.4 Å². The molecule has 26 heavy (non-hydrogen) atoms. The van der Waals surface area contributed by atoms with Crippen LogP contribution in [0.25, 0.3) is 0 Å². The molecule has 0 atom stereocenters. The molecule has 0 unspecified atom stereocenters. The van der Waals surface area contributed by atoms with Crippen LogP contribution in [0.2, 0.25) is 5.02 Å². The van der Waals surface area contributed by atoms with E-state index in [2.05, 4.69) is 5.16 Å². The molecule has 0 aliphatic heterocycles. The standard InChI is InChI=1S/C18H13ClN2O4S/c19-14-4-7-17(8-5-14)26-18-9-6-16(25-18)11-20-24-12-13-2-1-3-15(10-13)21(22)23/h1-11H,12H2/b20-11-. The minimum atomic E-state index is -0.449. The summed E-state index contributed by atoms with van der Waals surface area (Å²) in [4.78, 5) is 16.5. The number of non-ortho nitro benzene ring substituents is 1. The van der Waals surface area contributed by atoms with Crippen molar-refractivity contribution in [3.63, 3.8) is 0 Å². The monoisotopic (exact) mass is 388 g/mol. The van der Waals surface area contributed by atoms with Gasteiger partial charge >= 0.3 is 0 Å². The first-order chi connectivity index (χ1) is 12.6. The van der Waals surface area contributed by atoms with Crippen LogP contribution in [0.15, 0.2) is 80.2 Å². The van der Waals surface area contributed by atoms with Crippen molar-refractivity contribution in [2.75, 3.05) is 0 Å². The van der Waals surface area contributed by atoms with Crippen LogP contribution in [0.5, 0.6) is 0 Å². The zero-order chi connectivity index (χ0) is 18.4. The van der Waals surface area contributed by atoms with Crippen molar-refractivity contribution in [3.05, 3.63) is 87.1 Å². The van der Waals surface area contributed by atoms with Crippen molar-refractivity contribution in [3.8, 4) is 0 Å². The van der Waals surface area contributed by atoms with Crippen LogP contribution in [0.1, 0.15) is 11.3 Å². The SMILES string of the molecule is O=[N+]([O-])c1cccc(CO/N=C\c2ccc(Sc3ccc(Cl)cc3)o2)c1. The lowest BCUT2D eigenvalue weighted by molar-refractivity contribution is -0.384. The highest BCUT2D eigenvalue weighted by molar-refractivity contribution is 7.99. The highest BCUT2D eigenvalue weighted by Crippen LogP contribution is 2.29. The molecule has 0 amide bonds. The molecule has 1 aromatic heterocycles. The molecule has 1 heterocycles. The molecular weight excluding hydrogens is 376 g/mol. The van der Waals surface area contributed by atoms with Gasteiger partial charge in [0, 0.05) is 22.1 Å². The summed E-state index contributed by atoms with van der Waals surface area (Å²) in [5.41, 5.74) is 0.680. The molecule has 6 nitrogen and oxygen atoms in total. The van der Waals surface area contributed by atoms with Gasteiger partial charge in [-0.1, -0.05) is 40.7 Å². The average Bonchev–Trinajstić information content (AvgIpc) is 3.08. The molecule has 8 heteroatoms. The molecule has 132 valence electrons. The normalized spacial score (nSPS) is 11.0. The van der Waals surface area contributed by atoms with Crippen LogP contribution in [0.3, 0.4) is 0 Å². The largest absolute Gasteiger partial charge is 0.448 e. The predicted octanol–water partition coefficient (Wildman–Crippen LogP) is 5.54. The summed E-state index contributed by atoms with van der Waals surface area (Å²) < 4.78 is 5.63. The van der Waals surface area contributed by atoms with E-state index in [0.717, 1.165) is 4.90 Å². The first kappa shape index (κ1) is 18.0. The molecule has 3 rings (SSSR count). The van der Waals surface area contributed by atoms with Gasteiger partial charge < -0.3 is 9.25 Å². The van der Waals surface area contributed by atoms with E-state index in [9.17, 15) is 10.1 Å². The van der Waals surface area contributed by atoms with Gasteiger partial charge in [-0.2, -0.15) is 0 Å². The first-order valence-corrected chi connectivity index (χ1v) is 8.71. The van der Waals surface area contributed by atoms with Gasteiger partial charge in [-0.05, 0) is 42.0 Å². The van der Waals surface area contributed by atoms with Crippen LogP contribution >= 0.6 is 23.4 Å².